The molecule has 0 aliphatic heterocycles. The Morgan fingerprint density at radius 2 is 1.67 bits per heavy atom. The van der Waals surface area contributed by atoms with Crippen LogP contribution in [0.4, 0.5) is 0 Å². The first-order valence-corrected chi connectivity index (χ1v) is 5.03. The van der Waals surface area contributed by atoms with Crippen molar-refractivity contribution in [1.82, 2.24) is 0 Å². The zero-order valence-corrected chi connectivity index (χ0v) is 9.01. The monoisotopic (exact) mass is 212 g/mol. The summed E-state index contributed by atoms with van der Waals surface area (Å²) in [4.78, 5) is 0. The largest absolute Gasteiger partial charge is 0.508 e. The summed E-state index contributed by atoms with van der Waals surface area (Å²) in [6.07, 6.45) is -0.676. The molecule has 0 unspecified atom stereocenters. The second-order valence-corrected chi connectivity index (χ2v) is 4.01. The summed E-state index contributed by atoms with van der Waals surface area (Å²) in [6.45, 7) is 4.58. The Morgan fingerprint density at radius 3 is 2.13 bits per heavy atom. The molecule has 0 bridgehead atoms. The van der Waals surface area contributed by atoms with Crippen molar-refractivity contribution in [2.45, 2.75) is 26.0 Å². The molecule has 84 valence electrons. The fraction of sp³-hybridized carbons (Fsp3) is 0.455. The van der Waals surface area contributed by atoms with Crippen molar-refractivity contribution in [3.63, 3.8) is 0 Å². The zero-order chi connectivity index (χ0) is 11.4. The van der Waals surface area contributed by atoms with Crippen molar-refractivity contribution in [3.8, 4) is 11.5 Å². The summed E-state index contributed by atoms with van der Waals surface area (Å²) >= 11 is 0. The van der Waals surface area contributed by atoms with E-state index in [9.17, 15) is 15.3 Å². The van der Waals surface area contributed by atoms with Crippen LogP contribution in [0.2, 0.25) is 0 Å². The topological polar surface area (TPSA) is 77.3 Å². The molecule has 0 saturated heterocycles. The second-order valence-electron chi connectivity index (χ2n) is 4.01. The highest BCUT2D eigenvalue weighted by Gasteiger charge is 2.12. The maximum Gasteiger partial charge on any atom is 0.128 e. The molecule has 0 aromatic heterocycles. The Labute approximate surface area is 89.2 Å². The maximum absolute atomic E-state index is 9.76. The minimum Gasteiger partial charge on any atom is -0.508 e. The maximum atomic E-state index is 9.76. The number of hydrogen-bond acceptors (Lipinski definition) is 3. The van der Waals surface area contributed by atoms with Gasteiger partial charge in [-0.1, -0.05) is 0 Å². The Morgan fingerprint density at radius 1 is 1.13 bits per heavy atom. The molecule has 1 aromatic carbocycles. The third-order valence-electron chi connectivity index (χ3n) is 2.14. The molecule has 4 nitrogen and oxygen atoms in total. The Bertz CT molecular complexity index is 305. The van der Waals surface area contributed by atoms with E-state index >= 15 is 0 Å². The van der Waals surface area contributed by atoms with Gasteiger partial charge in [-0.05, 0) is 31.5 Å². The predicted molar refractivity (Wildman–Crippen MR) is 56.7 cm³/mol. The van der Waals surface area contributed by atoms with Gasteiger partial charge >= 0.3 is 0 Å². The van der Waals surface area contributed by atoms with E-state index in [-0.39, 0.29) is 11.5 Å². The number of hydrogen-bond donors (Lipinski definition) is 4. The molecule has 15 heavy (non-hydrogen) atoms. The van der Waals surface area contributed by atoms with Gasteiger partial charge < -0.3 is 20.6 Å². The van der Waals surface area contributed by atoms with Crippen LogP contribution in [0.1, 0.15) is 25.5 Å². The number of aliphatic hydroxyl groups is 1. The minimum absolute atomic E-state index is 0.0337. The van der Waals surface area contributed by atoms with Gasteiger partial charge in [-0.15, -0.1) is 0 Å². The number of aromatic hydroxyl groups is 2. The summed E-state index contributed by atoms with van der Waals surface area (Å²) in [7, 11) is 0. The summed E-state index contributed by atoms with van der Waals surface area (Å²) in [5.74, 6) is -0.0674. The average molecular weight is 212 g/mol. The van der Waals surface area contributed by atoms with Crippen LogP contribution < -0.4 is 5.32 Å². The lowest BCUT2D eigenvalue weighted by Crippen LogP contribution is -2.89. The van der Waals surface area contributed by atoms with Gasteiger partial charge in [-0.2, -0.15) is 0 Å². The number of rotatable bonds is 4. The molecule has 0 saturated carbocycles. The Hall–Kier alpha value is -1.26. The van der Waals surface area contributed by atoms with Crippen molar-refractivity contribution in [1.29, 1.82) is 0 Å². The highest BCUT2D eigenvalue weighted by molar-refractivity contribution is 5.37. The normalized spacial score (nSPS) is 13.1. The van der Waals surface area contributed by atoms with Gasteiger partial charge in [-0.3, -0.25) is 0 Å². The highest BCUT2D eigenvalue weighted by atomic mass is 16.3. The summed E-state index contributed by atoms with van der Waals surface area (Å²) < 4.78 is 0. The number of nitrogens with two attached hydrogens (primary N) is 1. The molecule has 0 radical (unpaired) electrons. The lowest BCUT2D eigenvalue weighted by atomic mass is 10.1. The van der Waals surface area contributed by atoms with Gasteiger partial charge in [0.25, 0.3) is 0 Å². The first-order chi connectivity index (χ1) is 6.99. The van der Waals surface area contributed by atoms with E-state index in [2.05, 4.69) is 0 Å². The molecule has 0 heterocycles. The molecule has 0 amide bonds. The van der Waals surface area contributed by atoms with Gasteiger partial charge in [0.1, 0.15) is 24.1 Å². The fourth-order valence-electron chi connectivity index (χ4n) is 1.35. The molecule has 5 N–H and O–H groups in total. The smallest absolute Gasteiger partial charge is 0.128 e. The van der Waals surface area contributed by atoms with Gasteiger partial charge in [0.05, 0.1) is 6.04 Å². The molecule has 1 aromatic rings. The Balaban J connectivity index is 2.68. The van der Waals surface area contributed by atoms with E-state index in [0.717, 1.165) is 0 Å². The quantitative estimate of drug-likeness (QED) is 0.572. The lowest BCUT2D eigenvalue weighted by Gasteiger charge is -2.12. The van der Waals surface area contributed by atoms with Crippen LogP contribution in [0.15, 0.2) is 18.2 Å². The first kappa shape index (κ1) is 11.8. The number of benzene rings is 1. The predicted octanol–water partition coefficient (Wildman–Crippen LogP) is 0.103. The van der Waals surface area contributed by atoms with E-state index in [1.165, 1.54) is 18.2 Å². The number of aliphatic hydroxyl groups excluding tert-OH is 1. The molecule has 0 fully saturated rings. The average Bonchev–Trinajstić information content (AvgIpc) is 2.12. The highest BCUT2D eigenvalue weighted by Crippen LogP contribution is 2.24. The van der Waals surface area contributed by atoms with Crippen molar-refractivity contribution >= 4 is 0 Å². The summed E-state index contributed by atoms with van der Waals surface area (Å²) in [5, 5.41) is 30.2. The molecule has 1 atom stereocenters. The van der Waals surface area contributed by atoms with E-state index in [1.807, 2.05) is 19.2 Å². The van der Waals surface area contributed by atoms with Crippen molar-refractivity contribution in [2.24, 2.45) is 0 Å². The number of phenols is 2. The minimum atomic E-state index is -0.676. The van der Waals surface area contributed by atoms with Crippen LogP contribution in [0.3, 0.4) is 0 Å². The molecule has 0 aliphatic rings. The van der Waals surface area contributed by atoms with E-state index in [0.29, 0.717) is 18.2 Å². The van der Waals surface area contributed by atoms with Crippen LogP contribution in [-0.2, 0) is 0 Å². The first-order valence-electron chi connectivity index (χ1n) is 5.03. The third kappa shape index (κ3) is 3.77. The lowest BCUT2D eigenvalue weighted by molar-refractivity contribution is -0.689. The standard InChI is InChI=1S/C11H17NO3/c1-7(2)12-6-11(15)8-3-9(13)5-10(14)4-8/h3-5,7,11-15H,6H2,1-2H3/p+1/t11-/m1/s1. The van der Waals surface area contributed by atoms with E-state index in [1.54, 1.807) is 0 Å². The second kappa shape index (κ2) is 5.00. The Kier molecular flexibility index (Phi) is 3.94. The van der Waals surface area contributed by atoms with Gasteiger partial charge in [0.2, 0.25) is 0 Å². The van der Waals surface area contributed by atoms with E-state index in [4.69, 9.17) is 0 Å². The number of phenolic OH excluding ortho intramolecular Hbond substituents is 2. The van der Waals surface area contributed by atoms with Crippen molar-refractivity contribution in [3.05, 3.63) is 23.8 Å². The third-order valence-corrected chi connectivity index (χ3v) is 2.14. The molecule has 4 heteroatoms. The summed E-state index contributed by atoms with van der Waals surface area (Å²) in [6, 6.07) is 4.56. The van der Waals surface area contributed by atoms with Crippen LogP contribution in [0.5, 0.6) is 11.5 Å². The van der Waals surface area contributed by atoms with Gasteiger partial charge in [-0.25, -0.2) is 0 Å². The molecular formula is C11H18NO3+. The molecule has 0 aliphatic carbocycles. The fourth-order valence-corrected chi connectivity index (χ4v) is 1.35. The van der Waals surface area contributed by atoms with Gasteiger partial charge in [0.15, 0.2) is 0 Å². The van der Waals surface area contributed by atoms with E-state index < -0.39 is 6.10 Å². The SMILES string of the molecule is CC(C)[NH2+]C[C@@H](O)c1cc(O)cc(O)c1. The van der Waals surface area contributed by atoms with Crippen LogP contribution in [0, 0.1) is 0 Å². The van der Waals surface area contributed by atoms with Crippen LogP contribution in [0.25, 0.3) is 0 Å². The van der Waals surface area contributed by atoms with Crippen molar-refractivity contribution < 1.29 is 20.6 Å². The van der Waals surface area contributed by atoms with Gasteiger partial charge in [0, 0.05) is 6.07 Å². The molecule has 1 rings (SSSR count). The number of quaternary nitrogens is 1. The zero-order valence-electron chi connectivity index (χ0n) is 9.01. The van der Waals surface area contributed by atoms with Crippen LogP contribution >= 0.6 is 0 Å². The van der Waals surface area contributed by atoms with Crippen molar-refractivity contribution in [2.75, 3.05) is 6.54 Å². The summed E-state index contributed by atoms with van der Waals surface area (Å²) in [5.41, 5.74) is 0.532. The molecule has 0 spiro atoms. The van der Waals surface area contributed by atoms with Crippen LogP contribution in [-0.4, -0.2) is 27.9 Å². The molecular weight excluding hydrogens is 194 g/mol.